The van der Waals surface area contributed by atoms with Crippen molar-refractivity contribution in [2.24, 2.45) is 0 Å². The first kappa shape index (κ1) is 17.9. The average molecular weight is 380 g/mol. The molecule has 0 bridgehead atoms. The van der Waals surface area contributed by atoms with Crippen molar-refractivity contribution in [3.63, 3.8) is 0 Å². The lowest BCUT2D eigenvalue weighted by molar-refractivity contribution is 0.0928. The van der Waals surface area contributed by atoms with E-state index in [1.807, 2.05) is 6.07 Å². The van der Waals surface area contributed by atoms with Crippen molar-refractivity contribution in [3.8, 4) is 0 Å². The third kappa shape index (κ3) is 4.10. The number of hydrogen-bond acceptors (Lipinski definition) is 3. The Morgan fingerprint density at radius 1 is 1.11 bits per heavy atom. The molecule has 0 saturated carbocycles. The van der Waals surface area contributed by atoms with Crippen LogP contribution in [-0.2, 0) is 13.0 Å². The minimum Gasteiger partial charge on any atom is -0.350 e. The molecule has 3 nitrogen and oxygen atoms in total. The molecule has 1 amide bonds. The van der Waals surface area contributed by atoms with Gasteiger partial charge in [-0.25, -0.2) is 4.39 Å². The van der Waals surface area contributed by atoms with Crippen molar-refractivity contribution < 1.29 is 9.18 Å². The highest BCUT2D eigenvalue weighted by atomic mass is 32.1. The molecule has 138 valence electrons. The lowest BCUT2D eigenvalue weighted by atomic mass is 9.98. The van der Waals surface area contributed by atoms with Crippen molar-refractivity contribution in [2.75, 3.05) is 13.1 Å². The minimum absolute atomic E-state index is 0.107. The van der Waals surface area contributed by atoms with E-state index in [0.29, 0.717) is 12.1 Å². The number of benzene rings is 2. The summed E-state index contributed by atoms with van der Waals surface area (Å²) < 4.78 is 13.4. The number of hydrogen-bond donors (Lipinski definition) is 1. The second-order valence-electron chi connectivity index (χ2n) is 6.74. The number of rotatable bonds is 5. The molecule has 0 saturated heterocycles. The first-order chi connectivity index (χ1) is 13.2. The molecule has 0 fully saturated rings. The lowest BCUT2D eigenvalue weighted by Crippen LogP contribution is -2.40. The molecule has 0 aliphatic carbocycles. The average Bonchev–Trinajstić information content (AvgIpc) is 3.22. The summed E-state index contributed by atoms with van der Waals surface area (Å²) in [6.45, 7) is 2.32. The zero-order valence-corrected chi connectivity index (χ0v) is 15.7. The number of thiophene rings is 1. The molecule has 5 heteroatoms. The van der Waals surface area contributed by atoms with E-state index in [-0.39, 0.29) is 11.9 Å². The van der Waals surface area contributed by atoms with Gasteiger partial charge in [-0.05, 0) is 47.2 Å². The van der Waals surface area contributed by atoms with Crippen LogP contribution >= 0.6 is 11.3 Å². The Hall–Kier alpha value is -2.50. The summed E-state index contributed by atoms with van der Waals surface area (Å²) in [6, 6.07) is 18.6. The number of halogens is 1. The van der Waals surface area contributed by atoms with E-state index in [0.717, 1.165) is 19.5 Å². The first-order valence-electron chi connectivity index (χ1n) is 9.09. The summed E-state index contributed by atoms with van der Waals surface area (Å²) in [5, 5.41) is 5.06. The van der Waals surface area contributed by atoms with Crippen LogP contribution in [0.15, 0.2) is 66.0 Å². The number of amides is 1. The number of nitrogens with one attached hydrogen (secondary N) is 1. The molecule has 2 heterocycles. The van der Waals surface area contributed by atoms with Crippen LogP contribution in [0, 0.1) is 5.82 Å². The Kier molecular flexibility index (Phi) is 5.32. The maximum absolute atomic E-state index is 13.4. The van der Waals surface area contributed by atoms with Gasteiger partial charge in [-0.3, -0.25) is 9.69 Å². The summed E-state index contributed by atoms with van der Waals surface area (Å²) in [5.74, 6) is -0.640. The summed E-state index contributed by atoms with van der Waals surface area (Å²) >= 11 is 1.70. The van der Waals surface area contributed by atoms with Gasteiger partial charge in [0.05, 0.1) is 6.04 Å². The van der Waals surface area contributed by atoms with Crippen molar-refractivity contribution in [2.45, 2.75) is 19.0 Å². The van der Waals surface area contributed by atoms with E-state index >= 15 is 0 Å². The van der Waals surface area contributed by atoms with E-state index in [1.54, 1.807) is 23.5 Å². The van der Waals surface area contributed by atoms with E-state index < -0.39 is 5.82 Å². The molecule has 1 N–H and O–H groups in total. The SMILES string of the molecule is O=C(NCC(c1cccs1)N1CCc2ccccc2C1)c1cccc(F)c1. The highest BCUT2D eigenvalue weighted by Gasteiger charge is 2.26. The zero-order valence-electron chi connectivity index (χ0n) is 14.9. The molecule has 0 spiro atoms. The Morgan fingerprint density at radius 2 is 1.96 bits per heavy atom. The van der Waals surface area contributed by atoms with Crippen LogP contribution in [0.4, 0.5) is 4.39 Å². The van der Waals surface area contributed by atoms with E-state index in [1.165, 1.54) is 28.1 Å². The summed E-state index contributed by atoms with van der Waals surface area (Å²) in [5.41, 5.74) is 3.10. The van der Waals surface area contributed by atoms with Crippen molar-refractivity contribution in [1.29, 1.82) is 0 Å². The van der Waals surface area contributed by atoms with E-state index in [9.17, 15) is 9.18 Å². The molecule has 1 aliphatic rings. The molecule has 2 aromatic carbocycles. The molecule has 1 atom stereocenters. The van der Waals surface area contributed by atoms with Gasteiger partial charge in [-0.15, -0.1) is 11.3 Å². The van der Waals surface area contributed by atoms with E-state index in [4.69, 9.17) is 0 Å². The van der Waals surface area contributed by atoms with Crippen LogP contribution in [0.3, 0.4) is 0 Å². The fraction of sp³-hybridized carbons (Fsp3) is 0.227. The monoisotopic (exact) mass is 380 g/mol. The van der Waals surface area contributed by atoms with Crippen molar-refractivity contribution in [3.05, 3.63) is 93.4 Å². The molecule has 0 radical (unpaired) electrons. The quantitative estimate of drug-likeness (QED) is 0.711. The van der Waals surface area contributed by atoms with E-state index in [2.05, 4.69) is 45.9 Å². The van der Waals surface area contributed by atoms with Gasteiger partial charge in [0.15, 0.2) is 0 Å². The van der Waals surface area contributed by atoms with Gasteiger partial charge in [-0.1, -0.05) is 36.4 Å². The molecular formula is C22H21FN2OS. The topological polar surface area (TPSA) is 32.3 Å². The Bertz CT molecular complexity index is 926. The maximum Gasteiger partial charge on any atom is 0.251 e. The Labute approximate surface area is 162 Å². The number of fused-ring (bicyclic) bond motifs is 1. The third-order valence-corrected chi connectivity index (χ3v) is 5.99. The van der Waals surface area contributed by atoms with Gasteiger partial charge < -0.3 is 5.32 Å². The second-order valence-corrected chi connectivity index (χ2v) is 7.72. The van der Waals surface area contributed by atoms with Crippen LogP contribution < -0.4 is 5.32 Å². The molecule has 1 unspecified atom stereocenters. The van der Waals surface area contributed by atoms with Crippen LogP contribution in [0.25, 0.3) is 0 Å². The maximum atomic E-state index is 13.4. The Balaban J connectivity index is 1.50. The third-order valence-electron chi connectivity index (χ3n) is 5.02. The fourth-order valence-electron chi connectivity index (χ4n) is 3.60. The molecule has 3 aromatic rings. The number of carbonyl (C=O) groups is 1. The lowest BCUT2D eigenvalue weighted by Gasteiger charge is -2.35. The summed E-state index contributed by atoms with van der Waals surface area (Å²) in [6.07, 6.45) is 1.01. The molecule has 1 aromatic heterocycles. The van der Waals surface area contributed by atoms with Crippen LogP contribution in [-0.4, -0.2) is 23.9 Å². The van der Waals surface area contributed by atoms with Gasteiger partial charge in [-0.2, -0.15) is 0 Å². The second kappa shape index (κ2) is 8.03. The minimum atomic E-state index is -0.398. The number of carbonyl (C=O) groups excluding carboxylic acids is 1. The smallest absolute Gasteiger partial charge is 0.251 e. The van der Waals surface area contributed by atoms with Crippen LogP contribution in [0.5, 0.6) is 0 Å². The van der Waals surface area contributed by atoms with Crippen molar-refractivity contribution >= 4 is 17.2 Å². The Morgan fingerprint density at radius 3 is 2.74 bits per heavy atom. The summed E-state index contributed by atoms with van der Waals surface area (Å²) in [7, 11) is 0. The van der Waals surface area contributed by atoms with Gasteiger partial charge in [0.25, 0.3) is 5.91 Å². The normalized spacial score (nSPS) is 15.1. The first-order valence-corrected chi connectivity index (χ1v) is 9.96. The molecule has 4 rings (SSSR count). The molecular weight excluding hydrogens is 359 g/mol. The summed E-state index contributed by atoms with van der Waals surface area (Å²) in [4.78, 5) is 16.1. The molecule has 27 heavy (non-hydrogen) atoms. The fourth-order valence-corrected chi connectivity index (χ4v) is 4.46. The molecule has 1 aliphatic heterocycles. The predicted octanol–water partition coefficient (Wildman–Crippen LogP) is 4.42. The van der Waals surface area contributed by atoms with Gasteiger partial charge in [0.2, 0.25) is 0 Å². The van der Waals surface area contributed by atoms with Gasteiger partial charge >= 0.3 is 0 Å². The van der Waals surface area contributed by atoms with Gasteiger partial charge in [0, 0.05) is 30.1 Å². The number of nitrogens with zero attached hydrogens (tertiary/aromatic N) is 1. The van der Waals surface area contributed by atoms with Gasteiger partial charge in [0.1, 0.15) is 5.82 Å². The van der Waals surface area contributed by atoms with Crippen LogP contribution in [0.2, 0.25) is 0 Å². The van der Waals surface area contributed by atoms with Crippen LogP contribution in [0.1, 0.15) is 32.4 Å². The highest BCUT2D eigenvalue weighted by Crippen LogP contribution is 2.30. The largest absolute Gasteiger partial charge is 0.350 e. The standard InChI is InChI=1S/C22H21FN2OS/c23-19-8-3-7-17(13-19)22(26)24-14-20(21-9-4-12-27-21)25-11-10-16-5-1-2-6-18(16)15-25/h1-9,12-13,20H,10-11,14-15H2,(H,24,26). The highest BCUT2D eigenvalue weighted by molar-refractivity contribution is 7.10. The zero-order chi connectivity index (χ0) is 18.6. The van der Waals surface area contributed by atoms with Crippen molar-refractivity contribution in [1.82, 2.24) is 10.2 Å². The predicted molar refractivity (Wildman–Crippen MR) is 106 cm³/mol.